The van der Waals surface area contributed by atoms with E-state index < -0.39 is 0 Å². The predicted molar refractivity (Wildman–Crippen MR) is 128 cm³/mol. The minimum absolute atomic E-state index is 0.153. The van der Waals surface area contributed by atoms with Crippen molar-refractivity contribution in [2.45, 2.75) is 52.6 Å². The molecule has 33 heavy (non-hydrogen) atoms. The molecule has 0 radical (unpaired) electrons. The molecule has 0 N–H and O–H groups in total. The lowest BCUT2D eigenvalue weighted by Crippen LogP contribution is -2.34. The van der Waals surface area contributed by atoms with E-state index in [4.69, 9.17) is 14.7 Å². The maximum Gasteiger partial charge on any atom is 0.228 e. The second-order valence-corrected chi connectivity index (χ2v) is 9.27. The van der Waals surface area contributed by atoms with Crippen LogP contribution in [0.25, 0.3) is 0 Å². The zero-order chi connectivity index (χ0) is 22.8. The van der Waals surface area contributed by atoms with Gasteiger partial charge in [-0.2, -0.15) is 4.98 Å². The van der Waals surface area contributed by atoms with E-state index in [2.05, 4.69) is 16.7 Å². The minimum Gasteiger partial charge on any atom is -0.439 e. The Labute approximate surface area is 195 Å². The van der Waals surface area contributed by atoms with E-state index in [1.54, 1.807) is 6.07 Å². The summed E-state index contributed by atoms with van der Waals surface area (Å²) in [6.07, 6.45) is 4.41. The third-order valence-corrected chi connectivity index (χ3v) is 6.56. The standard InChI is InChI=1S/C27H31FN4O/c1-19-6-9-22(10-7-19)33-26-23-18-31(17-21-16-20(2)8-11-24(21)28)15-12-25(23)29-27(30-26)32-13-4-3-5-14-32/h6-11,16H,3-5,12-15,17-18H2,1-2H3. The van der Waals surface area contributed by atoms with Gasteiger partial charge in [0.1, 0.15) is 11.6 Å². The van der Waals surface area contributed by atoms with Crippen LogP contribution in [0.2, 0.25) is 0 Å². The van der Waals surface area contributed by atoms with Gasteiger partial charge < -0.3 is 9.64 Å². The van der Waals surface area contributed by atoms with Gasteiger partial charge in [-0.05, 0) is 51.3 Å². The first-order chi connectivity index (χ1) is 16.0. The van der Waals surface area contributed by atoms with Crippen LogP contribution < -0.4 is 9.64 Å². The molecule has 3 heterocycles. The van der Waals surface area contributed by atoms with Crippen LogP contribution in [0, 0.1) is 19.7 Å². The molecule has 1 fully saturated rings. The first-order valence-corrected chi connectivity index (χ1v) is 11.9. The molecule has 0 amide bonds. The van der Waals surface area contributed by atoms with Crippen LogP contribution in [0.4, 0.5) is 10.3 Å². The molecule has 5 rings (SSSR count). The van der Waals surface area contributed by atoms with Crippen molar-refractivity contribution < 1.29 is 9.13 Å². The Morgan fingerprint density at radius 2 is 1.67 bits per heavy atom. The van der Waals surface area contributed by atoms with Crippen molar-refractivity contribution in [1.29, 1.82) is 0 Å². The van der Waals surface area contributed by atoms with Gasteiger partial charge in [0.2, 0.25) is 11.8 Å². The first-order valence-electron chi connectivity index (χ1n) is 11.9. The van der Waals surface area contributed by atoms with Crippen LogP contribution >= 0.6 is 0 Å². The molecule has 1 saturated heterocycles. The molecule has 3 aromatic rings. The average Bonchev–Trinajstić information content (AvgIpc) is 2.83. The van der Waals surface area contributed by atoms with Crippen LogP contribution in [0.3, 0.4) is 0 Å². The third kappa shape index (κ3) is 5.01. The van der Waals surface area contributed by atoms with E-state index in [-0.39, 0.29) is 5.82 Å². The molecular formula is C27H31FN4O. The second-order valence-electron chi connectivity index (χ2n) is 9.27. The SMILES string of the molecule is Cc1ccc(Oc2nc(N3CCCCC3)nc3c2CN(Cc2cc(C)ccc2F)CC3)cc1. The number of fused-ring (bicyclic) bond motifs is 1. The fraction of sp³-hybridized carbons (Fsp3) is 0.407. The minimum atomic E-state index is -0.153. The van der Waals surface area contributed by atoms with Gasteiger partial charge in [0.25, 0.3) is 0 Å². The Balaban J connectivity index is 1.45. The fourth-order valence-electron chi connectivity index (χ4n) is 4.67. The molecule has 2 aliphatic rings. The van der Waals surface area contributed by atoms with Gasteiger partial charge in [-0.3, -0.25) is 4.90 Å². The first kappa shape index (κ1) is 21.8. The Morgan fingerprint density at radius 3 is 2.45 bits per heavy atom. The molecule has 0 spiro atoms. The highest BCUT2D eigenvalue weighted by Crippen LogP contribution is 2.33. The molecular weight excluding hydrogens is 415 g/mol. The molecule has 5 nitrogen and oxygen atoms in total. The molecule has 6 heteroatoms. The zero-order valence-corrected chi connectivity index (χ0v) is 19.5. The summed E-state index contributed by atoms with van der Waals surface area (Å²) in [6, 6.07) is 13.4. The van der Waals surface area contributed by atoms with E-state index in [9.17, 15) is 4.39 Å². The summed E-state index contributed by atoms with van der Waals surface area (Å²) in [6.45, 7) is 8.07. The lowest BCUT2D eigenvalue weighted by molar-refractivity contribution is 0.235. The summed E-state index contributed by atoms with van der Waals surface area (Å²) in [5, 5.41) is 0. The van der Waals surface area contributed by atoms with Gasteiger partial charge >= 0.3 is 0 Å². The van der Waals surface area contributed by atoms with Crippen molar-refractivity contribution in [2.24, 2.45) is 0 Å². The number of halogens is 1. The molecule has 172 valence electrons. The Hall–Kier alpha value is -2.99. The van der Waals surface area contributed by atoms with E-state index in [0.717, 1.165) is 60.1 Å². The molecule has 2 aliphatic heterocycles. The summed E-state index contributed by atoms with van der Waals surface area (Å²) in [5.74, 6) is 2.01. The van der Waals surface area contributed by atoms with Gasteiger partial charge in [0.05, 0.1) is 11.3 Å². The molecule has 2 aromatic carbocycles. The Bertz CT molecular complexity index is 1130. The van der Waals surface area contributed by atoms with Gasteiger partial charge in [0, 0.05) is 44.7 Å². The van der Waals surface area contributed by atoms with Crippen LogP contribution in [-0.4, -0.2) is 34.5 Å². The number of hydrogen-bond donors (Lipinski definition) is 0. The molecule has 0 bridgehead atoms. The van der Waals surface area contributed by atoms with E-state index in [1.807, 2.05) is 43.3 Å². The van der Waals surface area contributed by atoms with Gasteiger partial charge in [-0.1, -0.05) is 35.4 Å². The summed E-state index contributed by atoms with van der Waals surface area (Å²) < 4.78 is 20.7. The van der Waals surface area contributed by atoms with E-state index in [0.29, 0.717) is 19.0 Å². The smallest absolute Gasteiger partial charge is 0.228 e. The predicted octanol–water partition coefficient (Wildman–Crippen LogP) is 5.57. The normalized spacial score (nSPS) is 16.5. The maximum atomic E-state index is 14.4. The fourth-order valence-corrected chi connectivity index (χ4v) is 4.67. The van der Waals surface area contributed by atoms with Crippen LogP contribution in [0.1, 0.15) is 47.2 Å². The average molecular weight is 447 g/mol. The number of aromatic nitrogens is 2. The quantitative estimate of drug-likeness (QED) is 0.512. The van der Waals surface area contributed by atoms with Crippen molar-refractivity contribution >= 4 is 5.95 Å². The second kappa shape index (κ2) is 9.48. The summed E-state index contributed by atoms with van der Waals surface area (Å²) >= 11 is 0. The number of anilines is 1. The molecule has 0 unspecified atom stereocenters. The lowest BCUT2D eigenvalue weighted by Gasteiger charge is -2.32. The number of rotatable bonds is 5. The highest BCUT2D eigenvalue weighted by Gasteiger charge is 2.26. The van der Waals surface area contributed by atoms with Crippen LogP contribution in [0.5, 0.6) is 11.6 Å². The van der Waals surface area contributed by atoms with E-state index in [1.165, 1.54) is 24.8 Å². The number of benzene rings is 2. The van der Waals surface area contributed by atoms with Gasteiger partial charge in [-0.15, -0.1) is 0 Å². The number of ether oxygens (including phenoxy) is 1. The molecule has 0 saturated carbocycles. The van der Waals surface area contributed by atoms with Gasteiger partial charge in [0.15, 0.2) is 0 Å². The van der Waals surface area contributed by atoms with Crippen molar-refractivity contribution in [1.82, 2.24) is 14.9 Å². The van der Waals surface area contributed by atoms with Crippen molar-refractivity contribution in [3.8, 4) is 11.6 Å². The monoisotopic (exact) mass is 446 g/mol. The molecule has 0 aliphatic carbocycles. The van der Waals surface area contributed by atoms with Crippen LogP contribution in [0.15, 0.2) is 42.5 Å². The summed E-state index contributed by atoms with van der Waals surface area (Å²) in [5.41, 5.74) is 5.05. The Kier molecular flexibility index (Phi) is 6.27. The highest BCUT2D eigenvalue weighted by molar-refractivity contribution is 5.44. The van der Waals surface area contributed by atoms with Crippen molar-refractivity contribution in [2.75, 3.05) is 24.5 Å². The van der Waals surface area contributed by atoms with E-state index >= 15 is 0 Å². The van der Waals surface area contributed by atoms with Gasteiger partial charge in [-0.25, -0.2) is 9.37 Å². The Morgan fingerprint density at radius 1 is 0.909 bits per heavy atom. The largest absolute Gasteiger partial charge is 0.439 e. The number of aryl methyl sites for hydroxylation is 2. The third-order valence-electron chi connectivity index (χ3n) is 6.56. The molecule has 0 atom stereocenters. The van der Waals surface area contributed by atoms with Crippen molar-refractivity contribution in [3.05, 3.63) is 76.2 Å². The number of hydrogen-bond acceptors (Lipinski definition) is 5. The number of piperidine rings is 1. The lowest BCUT2D eigenvalue weighted by atomic mass is 10.0. The zero-order valence-electron chi connectivity index (χ0n) is 19.5. The number of nitrogens with zero attached hydrogens (tertiary/aromatic N) is 4. The maximum absolute atomic E-state index is 14.4. The summed E-state index contributed by atoms with van der Waals surface area (Å²) in [7, 11) is 0. The summed E-state index contributed by atoms with van der Waals surface area (Å²) in [4.78, 5) is 14.4. The van der Waals surface area contributed by atoms with Crippen molar-refractivity contribution in [3.63, 3.8) is 0 Å². The van der Waals surface area contributed by atoms with Crippen LogP contribution in [-0.2, 0) is 19.5 Å². The molecule has 1 aromatic heterocycles. The topological polar surface area (TPSA) is 41.5 Å². The highest BCUT2D eigenvalue weighted by atomic mass is 19.1.